The Kier molecular flexibility index (Phi) is 6.22. The lowest BCUT2D eigenvalue weighted by molar-refractivity contribution is -0.121. The van der Waals surface area contributed by atoms with E-state index in [1.165, 1.54) is 0 Å². The lowest BCUT2D eigenvalue weighted by Crippen LogP contribution is -2.23. The fraction of sp³-hybridized carbons (Fsp3) is 0.294. The van der Waals surface area contributed by atoms with Crippen LogP contribution in [0.5, 0.6) is 0 Å². The van der Waals surface area contributed by atoms with Crippen molar-refractivity contribution in [2.24, 2.45) is 0 Å². The van der Waals surface area contributed by atoms with Gasteiger partial charge in [-0.15, -0.1) is 11.3 Å². The number of halogens is 2. The van der Waals surface area contributed by atoms with E-state index in [1.807, 2.05) is 19.9 Å². The molecular weight excluding hydrogens is 353 g/mol. The summed E-state index contributed by atoms with van der Waals surface area (Å²) in [5.74, 6) is -0.166. The molecule has 23 heavy (non-hydrogen) atoms. The van der Waals surface area contributed by atoms with E-state index in [4.69, 9.17) is 23.2 Å². The fourth-order valence-electron chi connectivity index (χ4n) is 2.22. The number of rotatable bonds is 6. The van der Waals surface area contributed by atoms with E-state index in [0.29, 0.717) is 16.6 Å². The summed E-state index contributed by atoms with van der Waals surface area (Å²) in [6, 6.07) is 7.01. The van der Waals surface area contributed by atoms with Crippen molar-refractivity contribution in [1.82, 2.24) is 5.32 Å². The van der Waals surface area contributed by atoms with Crippen LogP contribution in [0.3, 0.4) is 0 Å². The second-order valence-corrected chi connectivity index (χ2v) is 7.57. The molecule has 0 aliphatic carbocycles. The second-order valence-electron chi connectivity index (χ2n) is 5.26. The summed E-state index contributed by atoms with van der Waals surface area (Å²) in [5.41, 5.74) is 1.51. The molecule has 0 saturated heterocycles. The van der Waals surface area contributed by atoms with Crippen molar-refractivity contribution < 1.29 is 9.59 Å². The normalized spacial score (nSPS) is 10.6. The van der Waals surface area contributed by atoms with Gasteiger partial charge in [0.2, 0.25) is 5.91 Å². The number of aryl methyl sites for hydroxylation is 2. The summed E-state index contributed by atoms with van der Waals surface area (Å²) >= 11 is 13.5. The van der Waals surface area contributed by atoms with Gasteiger partial charge in [0, 0.05) is 44.7 Å². The maximum absolute atomic E-state index is 12.1. The number of ketones is 1. The third-order valence-electron chi connectivity index (χ3n) is 3.41. The number of amides is 1. The first kappa shape index (κ1) is 18.0. The molecular formula is C17H17Cl2NO2S. The van der Waals surface area contributed by atoms with Gasteiger partial charge in [-0.05, 0) is 37.6 Å². The molecule has 0 aliphatic heterocycles. The molecule has 1 aromatic carbocycles. The van der Waals surface area contributed by atoms with E-state index in [1.54, 1.807) is 29.5 Å². The summed E-state index contributed by atoms with van der Waals surface area (Å²) in [7, 11) is 0. The van der Waals surface area contributed by atoms with Gasteiger partial charge in [-0.25, -0.2) is 0 Å². The molecule has 0 atom stereocenters. The van der Waals surface area contributed by atoms with Crippen LogP contribution in [0, 0.1) is 13.8 Å². The van der Waals surface area contributed by atoms with Crippen LogP contribution >= 0.6 is 34.5 Å². The van der Waals surface area contributed by atoms with Gasteiger partial charge in [-0.3, -0.25) is 9.59 Å². The minimum Gasteiger partial charge on any atom is -0.352 e. The molecule has 2 rings (SSSR count). The zero-order valence-corrected chi connectivity index (χ0v) is 15.2. The van der Waals surface area contributed by atoms with E-state index in [-0.39, 0.29) is 24.5 Å². The number of carbonyl (C=O) groups is 2. The van der Waals surface area contributed by atoms with Gasteiger partial charge in [0.15, 0.2) is 5.78 Å². The first-order valence-electron chi connectivity index (χ1n) is 7.17. The smallest absolute Gasteiger partial charge is 0.220 e. The van der Waals surface area contributed by atoms with Crippen LogP contribution < -0.4 is 5.32 Å². The second kappa shape index (κ2) is 7.95. The van der Waals surface area contributed by atoms with Gasteiger partial charge >= 0.3 is 0 Å². The summed E-state index contributed by atoms with van der Waals surface area (Å²) in [6.07, 6.45) is 0.371. The topological polar surface area (TPSA) is 46.2 Å². The van der Waals surface area contributed by atoms with Gasteiger partial charge in [0.25, 0.3) is 0 Å². The predicted octanol–water partition coefficient (Wildman–Crippen LogP) is 4.95. The Balaban J connectivity index is 1.83. The van der Waals surface area contributed by atoms with Crippen LogP contribution in [0.25, 0.3) is 0 Å². The average molecular weight is 370 g/mol. The molecule has 122 valence electrons. The van der Waals surface area contributed by atoms with Crippen molar-refractivity contribution in [2.45, 2.75) is 33.2 Å². The van der Waals surface area contributed by atoms with Crippen molar-refractivity contribution in [1.29, 1.82) is 0 Å². The molecule has 3 nitrogen and oxygen atoms in total. The fourth-order valence-corrected chi connectivity index (χ4v) is 3.63. The van der Waals surface area contributed by atoms with Crippen molar-refractivity contribution >= 4 is 46.2 Å². The SMILES string of the molecule is Cc1cc(C(=O)CCC(=O)NCc2ccc(Cl)cc2Cl)c(C)s1. The zero-order valence-electron chi connectivity index (χ0n) is 12.9. The Morgan fingerprint density at radius 2 is 1.87 bits per heavy atom. The number of benzene rings is 1. The van der Waals surface area contributed by atoms with Crippen LogP contribution in [-0.4, -0.2) is 11.7 Å². The number of hydrogen-bond donors (Lipinski definition) is 1. The zero-order chi connectivity index (χ0) is 17.0. The molecule has 0 fully saturated rings. The highest BCUT2D eigenvalue weighted by molar-refractivity contribution is 7.12. The van der Waals surface area contributed by atoms with Gasteiger partial charge in [-0.2, -0.15) is 0 Å². The Labute approximate surface area is 149 Å². The van der Waals surface area contributed by atoms with Crippen LogP contribution in [0.2, 0.25) is 10.0 Å². The molecule has 0 radical (unpaired) electrons. The number of carbonyl (C=O) groups excluding carboxylic acids is 2. The lowest BCUT2D eigenvalue weighted by atomic mass is 10.1. The quantitative estimate of drug-likeness (QED) is 0.732. The third kappa shape index (κ3) is 5.06. The standard InChI is InChI=1S/C17H17Cl2NO2S/c1-10-7-14(11(2)23-10)16(21)5-6-17(22)20-9-12-3-4-13(18)8-15(12)19/h3-4,7-8H,5-6,9H2,1-2H3,(H,20,22). The molecule has 1 heterocycles. The third-order valence-corrected chi connectivity index (χ3v) is 4.96. The largest absolute Gasteiger partial charge is 0.352 e. The van der Waals surface area contributed by atoms with Gasteiger partial charge < -0.3 is 5.32 Å². The molecule has 0 aliphatic rings. The molecule has 1 amide bonds. The molecule has 0 unspecified atom stereocenters. The first-order chi connectivity index (χ1) is 10.9. The number of nitrogens with one attached hydrogen (secondary N) is 1. The molecule has 1 N–H and O–H groups in total. The van der Waals surface area contributed by atoms with Crippen LogP contribution in [-0.2, 0) is 11.3 Å². The summed E-state index contributed by atoms with van der Waals surface area (Å²) in [5, 5.41) is 3.83. The van der Waals surface area contributed by atoms with Crippen LogP contribution in [0.1, 0.15) is 38.5 Å². The van der Waals surface area contributed by atoms with Crippen LogP contribution in [0.4, 0.5) is 0 Å². The summed E-state index contributed by atoms with van der Waals surface area (Å²) in [6.45, 7) is 4.21. The average Bonchev–Trinajstić information content (AvgIpc) is 2.82. The Hall–Kier alpha value is -1.36. The monoisotopic (exact) mass is 369 g/mol. The van der Waals surface area contributed by atoms with E-state index in [9.17, 15) is 9.59 Å². The molecule has 0 spiro atoms. The maximum atomic E-state index is 12.1. The summed E-state index contributed by atoms with van der Waals surface area (Å²) in [4.78, 5) is 26.1. The van der Waals surface area contributed by atoms with Crippen molar-refractivity contribution in [3.8, 4) is 0 Å². The number of Topliss-reactive ketones (excluding diaryl/α,β-unsaturated/α-hetero) is 1. The van der Waals surface area contributed by atoms with Crippen LogP contribution in [0.15, 0.2) is 24.3 Å². The highest BCUT2D eigenvalue weighted by Crippen LogP contribution is 2.22. The molecule has 1 aromatic heterocycles. The predicted molar refractivity (Wildman–Crippen MR) is 95.7 cm³/mol. The first-order valence-corrected chi connectivity index (χ1v) is 8.75. The maximum Gasteiger partial charge on any atom is 0.220 e. The molecule has 0 saturated carbocycles. The minimum absolute atomic E-state index is 0.00604. The van der Waals surface area contributed by atoms with Crippen molar-refractivity contribution in [3.05, 3.63) is 55.2 Å². The summed E-state index contributed by atoms with van der Waals surface area (Å²) < 4.78 is 0. The molecule has 2 aromatic rings. The highest BCUT2D eigenvalue weighted by atomic mass is 35.5. The van der Waals surface area contributed by atoms with E-state index in [2.05, 4.69) is 5.32 Å². The number of thiophene rings is 1. The van der Waals surface area contributed by atoms with Crippen molar-refractivity contribution in [2.75, 3.05) is 0 Å². The Morgan fingerprint density at radius 3 is 2.48 bits per heavy atom. The van der Waals surface area contributed by atoms with E-state index < -0.39 is 0 Å². The number of hydrogen-bond acceptors (Lipinski definition) is 3. The van der Waals surface area contributed by atoms with Crippen molar-refractivity contribution in [3.63, 3.8) is 0 Å². The minimum atomic E-state index is -0.172. The van der Waals surface area contributed by atoms with Gasteiger partial charge in [-0.1, -0.05) is 29.3 Å². The molecule has 6 heteroatoms. The highest BCUT2D eigenvalue weighted by Gasteiger charge is 2.14. The van der Waals surface area contributed by atoms with E-state index in [0.717, 1.165) is 20.9 Å². The van der Waals surface area contributed by atoms with E-state index >= 15 is 0 Å². The molecule has 0 bridgehead atoms. The Morgan fingerprint density at radius 1 is 1.13 bits per heavy atom. The van der Waals surface area contributed by atoms with Gasteiger partial charge in [0.05, 0.1) is 0 Å². The Bertz CT molecular complexity index is 740. The lowest BCUT2D eigenvalue weighted by Gasteiger charge is -2.07. The van der Waals surface area contributed by atoms with Gasteiger partial charge in [0.1, 0.15) is 0 Å².